The first-order chi connectivity index (χ1) is 13.7. The van der Waals surface area contributed by atoms with Crippen LogP contribution in [0, 0.1) is 5.92 Å². The van der Waals surface area contributed by atoms with Gasteiger partial charge in [0.05, 0.1) is 0 Å². The fourth-order valence-corrected chi connectivity index (χ4v) is 4.46. The minimum absolute atomic E-state index is 0.124. The molecule has 2 aromatic rings. The molecular weight excluding hydrogens is 350 g/mol. The molecule has 4 rings (SSSR count). The van der Waals surface area contributed by atoms with Crippen molar-refractivity contribution in [1.82, 2.24) is 19.8 Å². The third kappa shape index (κ3) is 4.33. The zero-order valence-corrected chi connectivity index (χ0v) is 16.6. The van der Waals surface area contributed by atoms with E-state index in [-0.39, 0.29) is 6.03 Å². The lowest BCUT2D eigenvalue weighted by atomic mass is 9.97. The van der Waals surface area contributed by atoms with E-state index in [1.165, 1.54) is 17.5 Å². The summed E-state index contributed by atoms with van der Waals surface area (Å²) in [6.45, 7) is 4.33. The summed E-state index contributed by atoms with van der Waals surface area (Å²) in [5.74, 6) is 1.36. The molecule has 1 saturated heterocycles. The van der Waals surface area contributed by atoms with E-state index >= 15 is 0 Å². The van der Waals surface area contributed by atoms with Crippen LogP contribution < -0.4 is 4.90 Å². The Hall–Kier alpha value is -2.47. The minimum atomic E-state index is 0.124. The number of urea groups is 1. The molecule has 6 heteroatoms. The predicted molar refractivity (Wildman–Crippen MR) is 110 cm³/mol. The summed E-state index contributed by atoms with van der Waals surface area (Å²) < 4.78 is 0. The summed E-state index contributed by atoms with van der Waals surface area (Å²) in [7, 11) is 2.15. The van der Waals surface area contributed by atoms with Gasteiger partial charge in [-0.1, -0.05) is 12.1 Å². The summed E-state index contributed by atoms with van der Waals surface area (Å²) in [6.07, 6.45) is 9.78. The van der Waals surface area contributed by atoms with Gasteiger partial charge in [-0.05, 0) is 61.9 Å². The number of nitrogens with zero attached hydrogens (tertiary/aromatic N) is 5. The molecule has 2 aromatic heterocycles. The van der Waals surface area contributed by atoms with Gasteiger partial charge in [-0.25, -0.2) is 9.78 Å². The number of pyridine rings is 2. The third-order valence-corrected chi connectivity index (χ3v) is 5.72. The van der Waals surface area contributed by atoms with Crippen LogP contribution in [0.3, 0.4) is 0 Å². The molecule has 1 unspecified atom stereocenters. The van der Waals surface area contributed by atoms with Crippen LogP contribution in [-0.4, -0.2) is 59.0 Å². The monoisotopic (exact) mass is 379 g/mol. The Labute approximate surface area is 167 Å². The van der Waals surface area contributed by atoms with Crippen LogP contribution in [0.2, 0.25) is 0 Å². The van der Waals surface area contributed by atoms with Crippen molar-refractivity contribution < 1.29 is 4.79 Å². The van der Waals surface area contributed by atoms with Gasteiger partial charge in [0.2, 0.25) is 0 Å². The van der Waals surface area contributed by atoms with E-state index < -0.39 is 0 Å². The number of hydrogen-bond acceptors (Lipinski definition) is 4. The van der Waals surface area contributed by atoms with Crippen molar-refractivity contribution in [2.45, 2.75) is 32.2 Å². The van der Waals surface area contributed by atoms with Crippen molar-refractivity contribution in [3.05, 3.63) is 54.0 Å². The maximum atomic E-state index is 13.2. The Bertz CT molecular complexity index is 797. The van der Waals surface area contributed by atoms with Crippen LogP contribution >= 0.6 is 0 Å². The Kier molecular flexibility index (Phi) is 5.86. The lowest BCUT2D eigenvalue weighted by Gasteiger charge is -2.38. The van der Waals surface area contributed by atoms with Crippen LogP contribution in [0.4, 0.5) is 10.6 Å². The largest absolute Gasteiger partial charge is 0.325 e. The van der Waals surface area contributed by atoms with Crippen LogP contribution in [0.1, 0.15) is 30.4 Å². The molecule has 1 fully saturated rings. The number of hydrogen-bond donors (Lipinski definition) is 0. The highest BCUT2D eigenvalue weighted by Gasteiger charge is 2.31. The van der Waals surface area contributed by atoms with Gasteiger partial charge < -0.3 is 9.80 Å². The smallest absolute Gasteiger partial charge is 0.324 e. The van der Waals surface area contributed by atoms with Crippen LogP contribution in [0.15, 0.2) is 42.9 Å². The second-order valence-electron chi connectivity index (χ2n) is 8.04. The van der Waals surface area contributed by atoms with Crippen LogP contribution in [-0.2, 0) is 13.0 Å². The van der Waals surface area contributed by atoms with Crippen molar-refractivity contribution in [2.75, 3.05) is 38.1 Å². The fourth-order valence-electron chi connectivity index (χ4n) is 4.46. The van der Waals surface area contributed by atoms with Gasteiger partial charge in [-0.15, -0.1) is 0 Å². The molecule has 0 aliphatic carbocycles. The molecule has 0 bridgehead atoms. The summed E-state index contributed by atoms with van der Waals surface area (Å²) >= 11 is 0. The summed E-state index contributed by atoms with van der Waals surface area (Å²) in [4.78, 5) is 28.2. The highest BCUT2D eigenvalue weighted by Crippen LogP contribution is 2.27. The summed E-state index contributed by atoms with van der Waals surface area (Å²) in [6, 6.07) is 8.27. The highest BCUT2D eigenvalue weighted by atomic mass is 16.2. The standard InChI is InChI=1S/C22H29N5O/c1-25(15-18-6-2-10-23-14-18)16-19-7-4-12-26(17-19)22(28)27-13-5-9-20-8-3-11-24-21(20)27/h2-3,6,8,10-11,14,19H,4-5,7,9,12-13,15-17H2,1H3. The summed E-state index contributed by atoms with van der Waals surface area (Å²) in [5, 5.41) is 0. The molecule has 148 valence electrons. The zero-order chi connectivity index (χ0) is 19.3. The quantitative estimate of drug-likeness (QED) is 0.819. The lowest BCUT2D eigenvalue weighted by molar-refractivity contribution is 0.149. The molecule has 28 heavy (non-hydrogen) atoms. The normalized spacial score (nSPS) is 19.6. The molecule has 2 aliphatic rings. The molecule has 0 radical (unpaired) electrons. The second kappa shape index (κ2) is 8.69. The maximum absolute atomic E-state index is 13.2. The Balaban J connectivity index is 1.37. The third-order valence-electron chi connectivity index (χ3n) is 5.72. The van der Waals surface area contributed by atoms with Crippen molar-refractivity contribution in [1.29, 1.82) is 0 Å². The number of likely N-dealkylation sites (tertiary alicyclic amines) is 1. The fraction of sp³-hybridized carbons (Fsp3) is 0.500. The Morgan fingerprint density at radius 2 is 2.11 bits per heavy atom. The molecule has 1 atom stereocenters. The van der Waals surface area contributed by atoms with E-state index in [1.807, 2.05) is 34.3 Å². The number of piperidine rings is 1. The van der Waals surface area contributed by atoms with Gasteiger partial charge in [-0.2, -0.15) is 0 Å². The number of carbonyl (C=O) groups is 1. The Morgan fingerprint density at radius 1 is 1.21 bits per heavy atom. The van der Waals surface area contributed by atoms with Gasteiger partial charge in [-0.3, -0.25) is 9.88 Å². The summed E-state index contributed by atoms with van der Waals surface area (Å²) in [5.41, 5.74) is 2.41. The topological polar surface area (TPSA) is 52.6 Å². The zero-order valence-electron chi connectivity index (χ0n) is 16.6. The average Bonchev–Trinajstić information content (AvgIpc) is 2.73. The van der Waals surface area contributed by atoms with E-state index in [2.05, 4.69) is 34.0 Å². The number of fused-ring (bicyclic) bond motifs is 1. The number of carbonyl (C=O) groups excluding carboxylic acids is 1. The van der Waals surface area contributed by atoms with E-state index in [1.54, 1.807) is 6.20 Å². The van der Waals surface area contributed by atoms with Gasteiger partial charge in [0.25, 0.3) is 0 Å². The lowest BCUT2D eigenvalue weighted by Crippen LogP contribution is -2.50. The Morgan fingerprint density at radius 3 is 2.96 bits per heavy atom. The second-order valence-corrected chi connectivity index (χ2v) is 8.04. The molecule has 0 aromatic carbocycles. The first kappa shape index (κ1) is 18.9. The van der Waals surface area contributed by atoms with Crippen molar-refractivity contribution in [2.24, 2.45) is 5.92 Å². The predicted octanol–water partition coefficient (Wildman–Crippen LogP) is 3.19. The van der Waals surface area contributed by atoms with Crippen LogP contribution in [0.25, 0.3) is 0 Å². The number of aromatic nitrogens is 2. The molecule has 4 heterocycles. The van der Waals surface area contributed by atoms with E-state index in [0.29, 0.717) is 5.92 Å². The molecule has 6 nitrogen and oxygen atoms in total. The van der Waals surface area contributed by atoms with Gasteiger partial charge >= 0.3 is 6.03 Å². The molecule has 0 spiro atoms. The van der Waals surface area contributed by atoms with E-state index in [0.717, 1.165) is 57.8 Å². The van der Waals surface area contributed by atoms with Crippen molar-refractivity contribution in [3.8, 4) is 0 Å². The van der Waals surface area contributed by atoms with Crippen molar-refractivity contribution >= 4 is 11.8 Å². The van der Waals surface area contributed by atoms with E-state index in [9.17, 15) is 4.79 Å². The number of aryl methyl sites for hydroxylation is 1. The van der Waals surface area contributed by atoms with Crippen LogP contribution in [0.5, 0.6) is 0 Å². The SMILES string of the molecule is CN(Cc1cccnc1)CC1CCCN(C(=O)N2CCCc3cccnc32)C1. The van der Waals surface area contributed by atoms with E-state index in [4.69, 9.17) is 0 Å². The van der Waals surface area contributed by atoms with Gasteiger partial charge in [0.15, 0.2) is 0 Å². The maximum Gasteiger partial charge on any atom is 0.325 e. The molecular formula is C22H29N5O. The average molecular weight is 380 g/mol. The first-order valence-corrected chi connectivity index (χ1v) is 10.3. The highest BCUT2D eigenvalue weighted by molar-refractivity contribution is 5.92. The molecule has 0 saturated carbocycles. The van der Waals surface area contributed by atoms with Gasteiger partial charge in [0, 0.05) is 51.3 Å². The number of rotatable bonds is 4. The molecule has 2 amide bonds. The molecule has 2 aliphatic heterocycles. The van der Waals surface area contributed by atoms with Gasteiger partial charge in [0.1, 0.15) is 5.82 Å². The van der Waals surface area contributed by atoms with Crippen molar-refractivity contribution in [3.63, 3.8) is 0 Å². The minimum Gasteiger partial charge on any atom is -0.324 e. The molecule has 0 N–H and O–H groups in total. The first-order valence-electron chi connectivity index (χ1n) is 10.3. The number of amides is 2. The number of anilines is 1.